The van der Waals surface area contributed by atoms with Crippen molar-refractivity contribution in [3.05, 3.63) is 48.8 Å². The quantitative estimate of drug-likeness (QED) is 0.0686. The molecule has 0 unspecified atom stereocenters. The first-order valence-corrected chi connectivity index (χ1v) is 15.5. The van der Waals surface area contributed by atoms with Crippen molar-refractivity contribution in [3.8, 4) is 12.8 Å². The molecule has 3 N–H and O–H groups in total. The lowest BCUT2D eigenvalue weighted by Crippen LogP contribution is -2.15. The molecule has 2 heterocycles. The van der Waals surface area contributed by atoms with Gasteiger partial charge in [0.1, 0.15) is 38.2 Å². The summed E-state index contributed by atoms with van der Waals surface area (Å²) in [5.41, 5.74) is 0. The fourth-order valence-corrected chi connectivity index (χ4v) is 5.05. The summed E-state index contributed by atoms with van der Waals surface area (Å²) in [6.45, 7) is 0.494. The number of esters is 1. The highest BCUT2D eigenvalue weighted by Gasteiger charge is 2.03. The van der Waals surface area contributed by atoms with Gasteiger partial charge in [-0.25, -0.2) is 14.8 Å². The van der Waals surface area contributed by atoms with Crippen LogP contribution in [0.15, 0.2) is 58.8 Å². The lowest BCUT2D eigenvalue weighted by Gasteiger charge is -2.04. The first-order valence-electron chi connectivity index (χ1n) is 11.4. The van der Waals surface area contributed by atoms with Gasteiger partial charge in [0, 0.05) is 42.9 Å². The molecule has 2 aromatic rings. The van der Waals surface area contributed by atoms with E-state index in [2.05, 4.69) is 30.6 Å². The maximum absolute atomic E-state index is 11.1. The summed E-state index contributed by atoms with van der Waals surface area (Å²) in [6, 6.07) is 11.5. The number of methoxy groups -OCH3 is 2. The Morgan fingerprint density at radius 2 is 1.46 bits per heavy atom. The molecule has 39 heavy (non-hydrogen) atoms. The van der Waals surface area contributed by atoms with E-state index in [0.717, 1.165) is 15.8 Å². The maximum Gasteiger partial charge on any atom is 0.542 e. The van der Waals surface area contributed by atoms with Gasteiger partial charge in [0.25, 0.3) is 0 Å². The van der Waals surface area contributed by atoms with Gasteiger partial charge in [0.15, 0.2) is 0 Å². The Kier molecular flexibility index (Phi) is 30.6. The SMILES string of the molecule is COCOCC(=O)OCCSSc1ccccn1.COCOCC(=O)[OH2+].OCCSSc1ccccn1.[2H]C#C. The molecule has 0 spiro atoms. The minimum atomic E-state index is -0.734. The number of aliphatic hydroxyl groups is 1. The van der Waals surface area contributed by atoms with Gasteiger partial charge in [0.05, 0.1) is 6.61 Å². The van der Waals surface area contributed by atoms with Crippen LogP contribution in [-0.2, 0) is 33.3 Å². The predicted octanol–water partition coefficient (Wildman–Crippen LogP) is 2.91. The number of terminal acetylenes is 1. The molecule has 0 aliphatic heterocycles. The average molecular weight is 625 g/mol. The Balaban J connectivity index is 0. The molecular formula is C24H35N2O9S4+. The van der Waals surface area contributed by atoms with E-state index in [0.29, 0.717) is 12.4 Å². The van der Waals surface area contributed by atoms with Gasteiger partial charge in [-0.3, -0.25) is 0 Å². The molecular weight excluding hydrogens is 589 g/mol. The number of carbonyl (C=O) groups excluding carboxylic acids is 2. The van der Waals surface area contributed by atoms with Crippen molar-refractivity contribution in [2.24, 2.45) is 0 Å². The minimum absolute atomic E-state index is 0.0740. The standard InChI is InChI=1S/C11H15NO4S2.C7H9NOS2.C4H8O4.C2H2/c1-14-9-15-8-11(13)16-6-7-17-18-10-4-2-3-5-12-10;9-5-6-10-11-7-3-1-2-4-8-7;1-7-3-8-2-4(5)6;1-2/h2-5H,6-9H2,1H3;1-4,9H,5-6H2;2-3H2,1H3,(H,5,6);1-2H/p+1/i;;;1D. The van der Waals surface area contributed by atoms with Crippen LogP contribution in [0.1, 0.15) is 1.37 Å². The van der Waals surface area contributed by atoms with Crippen molar-refractivity contribution >= 4 is 55.1 Å². The molecule has 0 saturated heterocycles. The third-order valence-corrected chi connectivity index (χ3v) is 7.50. The highest BCUT2D eigenvalue weighted by Crippen LogP contribution is 2.28. The largest absolute Gasteiger partial charge is 0.563 e. The zero-order valence-electron chi connectivity index (χ0n) is 22.7. The molecule has 15 heteroatoms. The second-order valence-corrected chi connectivity index (χ2v) is 10.9. The van der Waals surface area contributed by atoms with Crippen LogP contribution in [0, 0.1) is 12.8 Å². The molecule has 218 valence electrons. The van der Waals surface area contributed by atoms with Gasteiger partial charge < -0.3 is 33.9 Å². The third-order valence-electron chi connectivity index (χ3n) is 3.02. The number of aromatic nitrogens is 2. The zero-order valence-corrected chi connectivity index (χ0v) is 25.0. The van der Waals surface area contributed by atoms with E-state index in [1.807, 2.05) is 36.4 Å². The van der Waals surface area contributed by atoms with E-state index in [1.54, 1.807) is 55.6 Å². The van der Waals surface area contributed by atoms with Crippen LogP contribution >= 0.6 is 43.2 Å². The molecule has 0 aliphatic carbocycles. The molecule has 0 saturated carbocycles. The zero-order chi connectivity index (χ0) is 30.1. The number of pyridine rings is 2. The van der Waals surface area contributed by atoms with Crippen molar-refractivity contribution in [2.45, 2.75) is 10.1 Å². The average Bonchev–Trinajstić information content (AvgIpc) is 2.95. The molecule has 0 atom stereocenters. The van der Waals surface area contributed by atoms with Crippen LogP contribution < -0.4 is 0 Å². The summed E-state index contributed by atoms with van der Waals surface area (Å²) in [5, 5.41) is 16.8. The number of hydrogen-bond acceptors (Lipinski definition) is 14. The lowest BCUT2D eigenvalue weighted by atomic mass is 10.5. The summed E-state index contributed by atoms with van der Waals surface area (Å²) in [7, 11) is 9.30. The van der Waals surface area contributed by atoms with E-state index in [4.69, 9.17) is 21.1 Å². The summed E-state index contributed by atoms with van der Waals surface area (Å²) in [6.07, 6.45) is 9.28. The lowest BCUT2D eigenvalue weighted by molar-refractivity contribution is -0.152. The second kappa shape index (κ2) is 32.2. The number of carbonyl (C=O) groups is 2. The van der Waals surface area contributed by atoms with E-state index >= 15 is 0 Å². The first kappa shape index (κ1) is 37.0. The summed E-state index contributed by atoms with van der Waals surface area (Å²) in [5.74, 6) is 0.343. The summed E-state index contributed by atoms with van der Waals surface area (Å²) < 4.78 is 29.1. The molecule has 2 aromatic heterocycles. The topological polar surface area (TPSA) is 149 Å². The van der Waals surface area contributed by atoms with E-state index in [9.17, 15) is 9.59 Å². The summed E-state index contributed by atoms with van der Waals surface area (Å²) >= 11 is 0. The highest BCUT2D eigenvalue weighted by atomic mass is 33.1. The number of hydrogen-bond donors (Lipinski definition) is 1. The van der Waals surface area contributed by atoms with Crippen molar-refractivity contribution < 1.29 is 44.9 Å². The minimum Gasteiger partial charge on any atom is -0.563 e. The van der Waals surface area contributed by atoms with Gasteiger partial charge in [0.2, 0.25) is 6.61 Å². The number of ether oxygens (including phenoxy) is 5. The van der Waals surface area contributed by atoms with Crippen molar-refractivity contribution in [3.63, 3.8) is 0 Å². The Morgan fingerprint density at radius 3 is 1.90 bits per heavy atom. The number of aliphatic hydroxyl groups excluding tert-OH is 1. The Hall–Kier alpha value is -2.00. The number of nitrogens with zero attached hydrogens (tertiary/aromatic N) is 2. The molecule has 0 amide bonds. The van der Waals surface area contributed by atoms with Gasteiger partial charge in [-0.1, -0.05) is 33.7 Å². The van der Waals surface area contributed by atoms with E-state index in [1.165, 1.54) is 20.6 Å². The molecule has 0 aliphatic rings. The van der Waals surface area contributed by atoms with Crippen LogP contribution in [0.3, 0.4) is 0 Å². The maximum atomic E-state index is 11.1. The van der Waals surface area contributed by atoms with Crippen LogP contribution in [0.25, 0.3) is 0 Å². The normalized spacial score (nSPS) is 9.64. The Morgan fingerprint density at radius 1 is 0.949 bits per heavy atom. The van der Waals surface area contributed by atoms with Crippen molar-refractivity contribution in [2.75, 3.05) is 65.7 Å². The van der Waals surface area contributed by atoms with E-state index < -0.39 is 5.97 Å². The van der Waals surface area contributed by atoms with Crippen LogP contribution in [0.4, 0.5) is 0 Å². The molecule has 0 radical (unpaired) electrons. The van der Waals surface area contributed by atoms with Crippen LogP contribution in [0.2, 0.25) is 0 Å². The van der Waals surface area contributed by atoms with Crippen LogP contribution in [0.5, 0.6) is 0 Å². The van der Waals surface area contributed by atoms with Gasteiger partial charge in [-0.05, 0) is 45.9 Å². The van der Waals surface area contributed by atoms with E-state index in [-0.39, 0.29) is 39.4 Å². The summed E-state index contributed by atoms with van der Waals surface area (Å²) in [4.78, 5) is 29.2. The fraction of sp³-hybridized carbons (Fsp3) is 0.417. The number of rotatable bonds is 17. The Labute approximate surface area is 246 Å². The molecule has 2 rings (SSSR count). The molecule has 11 nitrogen and oxygen atoms in total. The Bertz CT molecular complexity index is 886. The van der Waals surface area contributed by atoms with Gasteiger partial charge >= 0.3 is 11.9 Å². The molecule has 0 bridgehead atoms. The first-order chi connectivity index (χ1) is 19.4. The monoisotopic (exact) mass is 624 g/mol. The molecule has 0 aromatic carbocycles. The molecule has 0 fully saturated rings. The predicted molar refractivity (Wildman–Crippen MR) is 157 cm³/mol. The van der Waals surface area contributed by atoms with Crippen LogP contribution in [-0.4, -0.2) is 97.9 Å². The highest BCUT2D eigenvalue weighted by molar-refractivity contribution is 8.77. The second-order valence-electron chi connectivity index (χ2n) is 6.02. The van der Waals surface area contributed by atoms with Gasteiger partial charge in [-0.15, -0.1) is 12.8 Å². The van der Waals surface area contributed by atoms with Gasteiger partial charge in [-0.2, -0.15) is 0 Å². The third kappa shape index (κ3) is 30.4. The fourth-order valence-electron chi connectivity index (χ4n) is 1.69. The van der Waals surface area contributed by atoms with Crippen molar-refractivity contribution in [1.29, 1.82) is 0 Å². The van der Waals surface area contributed by atoms with Crippen molar-refractivity contribution in [1.82, 2.24) is 9.97 Å². The smallest absolute Gasteiger partial charge is 0.542 e.